The van der Waals surface area contributed by atoms with Crippen LogP contribution < -0.4 is 9.47 Å². The minimum atomic E-state index is -1.64. The van der Waals surface area contributed by atoms with Gasteiger partial charge in [0, 0.05) is 12.1 Å². The Morgan fingerprint density at radius 2 is 0.747 bits per heavy atom. The third-order valence-corrected chi connectivity index (χ3v) is 13.8. The third kappa shape index (κ3) is 15.9. The Morgan fingerprint density at radius 3 is 1.23 bits per heavy atom. The predicted molar refractivity (Wildman–Crippen MR) is 303 cm³/mol. The molecule has 1 aromatic heterocycles. The number of hydrogen-bond donors (Lipinski definition) is 0. The third-order valence-electron chi connectivity index (χ3n) is 13.8. The number of pyridine rings is 1. The lowest BCUT2D eigenvalue weighted by Gasteiger charge is -2.47. The fourth-order valence-electron chi connectivity index (χ4n) is 9.57. The van der Waals surface area contributed by atoms with Gasteiger partial charge in [-0.05, 0) is 58.7 Å². The fraction of sp³-hybridized carbons (Fsp3) is 0.254. The van der Waals surface area contributed by atoms with E-state index in [0.29, 0.717) is 0 Å². The van der Waals surface area contributed by atoms with Gasteiger partial charge in [-0.2, -0.15) is 4.98 Å². The lowest BCUT2D eigenvalue weighted by atomic mass is 9.96. The lowest BCUT2D eigenvalue weighted by molar-refractivity contribution is -0.340. The Hall–Kier alpha value is -8.58. The van der Waals surface area contributed by atoms with Gasteiger partial charge in [-0.15, -0.1) is 0 Å². The maximum absolute atomic E-state index is 14.5. The molecular formula is C67H63NO15. The summed E-state index contributed by atoms with van der Waals surface area (Å²) in [6.07, 6.45) is -12.7. The first kappa shape index (κ1) is 57.6. The van der Waals surface area contributed by atoms with Crippen molar-refractivity contribution in [3.63, 3.8) is 0 Å². The van der Waals surface area contributed by atoms with Gasteiger partial charge in [-0.3, -0.25) is 0 Å². The van der Waals surface area contributed by atoms with Crippen molar-refractivity contribution in [1.82, 2.24) is 4.98 Å². The number of aromatic nitrogens is 1. The normalized spacial score (nSPS) is 22.1. The number of methoxy groups -OCH3 is 1. The summed E-state index contributed by atoms with van der Waals surface area (Å²) in [5.74, 6) is -2.28. The molecule has 83 heavy (non-hydrogen) atoms. The minimum absolute atomic E-state index is 0.00840. The minimum Gasteiger partial charge on any atom is -0.481 e. The highest BCUT2D eigenvalue weighted by Gasteiger charge is 2.56. The van der Waals surface area contributed by atoms with Crippen molar-refractivity contribution in [2.24, 2.45) is 0 Å². The molecule has 10 rings (SSSR count). The average molecular weight is 1120 g/mol. The molecule has 16 nitrogen and oxygen atoms in total. The van der Waals surface area contributed by atoms with Crippen LogP contribution in [0.2, 0.25) is 0 Å². The van der Waals surface area contributed by atoms with Gasteiger partial charge in [-0.25, -0.2) is 14.4 Å². The summed E-state index contributed by atoms with van der Waals surface area (Å²) in [7, 11) is 1.45. The number of nitrogens with zero attached hydrogens (tertiary/aromatic N) is 1. The monoisotopic (exact) mass is 1120 g/mol. The van der Waals surface area contributed by atoms with Crippen LogP contribution in [-0.2, 0) is 73.8 Å². The first-order valence-electron chi connectivity index (χ1n) is 27.3. The molecule has 0 bridgehead atoms. The molecule has 3 heterocycles. The summed E-state index contributed by atoms with van der Waals surface area (Å²) in [5, 5.41) is 0. The van der Waals surface area contributed by atoms with E-state index in [1.165, 1.54) is 7.11 Å². The number of ether oxygens (including phenoxy) is 12. The highest BCUT2D eigenvalue weighted by molar-refractivity contribution is 5.91. The SMILES string of the molecule is COc1cccc(O[C@H]2O[C@H](CO[C@H]3O[C@H](COCc4ccccc4)[C@@H](OCc4ccccc4)[C@H](OCc4ccccc4)[C@H]3OCc3ccccc3)[C@@H](OC(=O)c3ccccc3)[C@H](OC(=O)c3ccccc3)[C@H]2OC(=O)c2ccccc2)n1. The molecule has 2 aliphatic heterocycles. The van der Waals surface area contributed by atoms with Gasteiger partial charge in [-0.1, -0.05) is 182 Å². The van der Waals surface area contributed by atoms with E-state index in [1.807, 2.05) is 121 Å². The Balaban J connectivity index is 1.05. The summed E-state index contributed by atoms with van der Waals surface area (Å²) in [4.78, 5) is 47.7. The van der Waals surface area contributed by atoms with E-state index in [1.54, 1.807) is 109 Å². The summed E-state index contributed by atoms with van der Waals surface area (Å²) >= 11 is 0. The first-order valence-corrected chi connectivity index (χ1v) is 27.3. The number of rotatable bonds is 25. The van der Waals surface area contributed by atoms with E-state index in [0.717, 1.165) is 22.3 Å². The zero-order valence-electron chi connectivity index (χ0n) is 45.5. The van der Waals surface area contributed by atoms with Gasteiger partial charge in [0.05, 0.1) is 63.4 Å². The Labute approximate surface area is 481 Å². The smallest absolute Gasteiger partial charge is 0.338 e. The number of hydrogen-bond acceptors (Lipinski definition) is 16. The van der Waals surface area contributed by atoms with Gasteiger partial charge in [0.2, 0.25) is 24.2 Å². The summed E-state index contributed by atoms with van der Waals surface area (Å²) < 4.78 is 79.3. The molecule has 0 N–H and O–H groups in total. The van der Waals surface area contributed by atoms with Crippen molar-refractivity contribution < 1.29 is 71.2 Å². The molecule has 2 fully saturated rings. The van der Waals surface area contributed by atoms with Crippen LogP contribution in [-0.4, -0.2) is 105 Å². The van der Waals surface area contributed by atoms with Gasteiger partial charge >= 0.3 is 17.9 Å². The molecule has 16 heteroatoms. The number of carbonyl (C=O) groups excluding carboxylic acids is 3. The fourth-order valence-corrected chi connectivity index (χ4v) is 9.57. The molecule has 8 aromatic rings. The Morgan fingerprint density at radius 1 is 0.361 bits per heavy atom. The average Bonchev–Trinajstić information content (AvgIpc) is 3.74. The Kier molecular flexibility index (Phi) is 20.4. The molecule has 426 valence electrons. The van der Waals surface area contributed by atoms with Crippen LogP contribution in [0.5, 0.6) is 11.8 Å². The molecule has 0 spiro atoms. The second-order valence-electron chi connectivity index (χ2n) is 19.5. The zero-order valence-corrected chi connectivity index (χ0v) is 45.5. The van der Waals surface area contributed by atoms with Crippen LogP contribution in [0.25, 0.3) is 0 Å². The maximum atomic E-state index is 14.5. The van der Waals surface area contributed by atoms with Crippen molar-refractivity contribution in [1.29, 1.82) is 0 Å². The summed E-state index contributed by atoms with van der Waals surface area (Å²) in [5.41, 5.74) is 4.10. The van der Waals surface area contributed by atoms with Crippen LogP contribution in [0.1, 0.15) is 53.3 Å². The van der Waals surface area contributed by atoms with Gasteiger partial charge in [0.15, 0.2) is 18.5 Å². The molecule has 7 aromatic carbocycles. The second-order valence-corrected chi connectivity index (χ2v) is 19.5. The highest BCUT2D eigenvalue weighted by atomic mass is 16.8. The largest absolute Gasteiger partial charge is 0.481 e. The summed E-state index contributed by atoms with van der Waals surface area (Å²) in [6, 6.07) is 68.5. The van der Waals surface area contributed by atoms with Crippen LogP contribution in [0.3, 0.4) is 0 Å². The quantitative estimate of drug-likeness (QED) is 0.0390. The van der Waals surface area contributed by atoms with Crippen LogP contribution in [0, 0.1) is 0 Å². The highest BCUT2D eigenvalue weighted by Crippen LogP contribution is 2.36. The number of esters is 3. The van der Waals surface area contributed by atoms with E-state index in [2.05, 4.69) is 4.98 Å². The molecule has 0 unspecified atom stereocenters. The topological polar surface area (TPSA) is 175 Å². The van der Waals surface area contributed by atoms with Crippen molar-refractivity contribution in [3.8, 4) is 11.8 Å². The van der Waals surface area contributed by atoms with E-state index < -0.39 is 85.9 Å². The van der Waals surface area contributed by atoms with Crippen LogP contribution in [0.15, 0.2) is 231 Å². The number of benzene rings is 7. The van der Waals surface area contributed by atoms with Crippen LogP contribution >= 0.6 is 0 Å². The van der Waals surface area contributed by atoms with Crippen molar-refractivity contribution >= 4 is 17.9 Å². The molecular weight excluding hydrogens is 1060 g/mol. The van der Waals surface area contributed by atoms with Gasteiger partial charge in [0.1, 0.15) is 30.5 Å². The molecule has 10 atom stereocenters. The second kappa shape index (κ2) is 29.4. The summed E-state index contributed by atoms with van der Waals surface area (Å²) in [6.45, 7) is 0.285. The lowest BCUT2D eigenvalue weighted by Crippen LogP contribution is -2.65. The van der Waals surface area contributed by atoms with Crippen molar-refractivity contribution in [3.05, 3.63) is 269 Å². The molecule has 2 saturated heterocycles. The van der Waals surface area contributed by atoms with E-state index in [4.69, 9.17) is 56.8 Å². The molecule has 0 amide bonds. The maximum Gasteiger partial charge on any atom is 0.338 e. The molecule has 0 aliphatic carbocycles. The zero-order chi connectivity index (χ0) is 57.0. The predicted octanol–water partition coefficient (Wildman–Crippen LogP) is 10.6. The van der Waals surface area contributed by atoms with E-state index in [9.17, 15) is 14.4 Å². The standard InChI is InChI=1S/C67H63NO15/c1-72-55-38-23-39-56(68-55)80-67-62(83-65(71)52-36-21-8-22-37-52)60(82-64(70)51-34-19-7-20-35-51)58(81-63(69)50-32-17-6-18-33-50)54(79-67)45-77-66-61(76-43-49-30-15-5-16-31-49)59(75-42-48-28-13-4-14-29-48)57(74-41-47-26-11-3-12-27-47)53(78-66)44-73-40-46-24-9-2-10-25-46/h2-39,53-54,57-62,66-67H,40-45H2,1H3/t53-,54-,57-,58-,59+,60+,61-,62-,66+,67-/m1/s1. The molecule has 2 aliphatic rings. The first-order chi connectivity index (χ1) is 40.8. The van der Waals surface area contributed by atoms with Gasteiger partial charge < -0.3 is 56.8 Å². The molecule has 0 radical (unpaired) electrons. The van der Waals surface area contributed by atoms with Crippen molar-refractivity contribution in [2.45, 2.75) is 87.8 Å². The Bertz CT molecular complexity index is 3240. The van der Waals surface area contributed by atoms with E-state index in [-0.39, 0.29) is 61.5 Å². The molecule has 0 saturated carbocycles. The van der Waals surface area contributed by atoms with Crippen LogP contribution in [0.4, 0.5) is 0 Å². The number of carbonyl (C=O) groups is 3. The van der Waals surface area contributed by atoms with Gasteiger partial charge in [0.25, 0.3) is 0 Å². The van der Waals surface area contributed by atoms with E-state index >= 15 is 0 Å². The van der Waals surface area contributed by atoms with Crippen molar-refractivity contribution in [2.75, 3.05) is 20.3 Å².